The Morgan fingerprint density at radius 1 is 1.41 bits per heavy atom. The number of carbonyl (C=O) groups excluding carboxylic acids is 1. The maximum absolute atomic E-state index is 11.6. The monoisotopic (exact) mass is 270 g/mol. The fraction of sp³-hybridized carbons (Fsp3) is 0.0909. The van der Waals surface area contributed by atoms with Gasteiger partial charge in [-0.15, -0.1) is 0 Å². The standard InChI is InChI=1S/C11H8Cl2N2O2/c1-6(16)8(5-14)11(17)15-7-2-3-9(12)10(13)4-7/h2-4,16H,1H3,(H,15,17)/b8-6+. The number of aliphatic hydroxyl groups is 1. The topological polar surface area (TPSA) is 73.1 Å². The second-order valence-corrected chi connectivity index (χ2v) is 3.97. The molecule has 88 valence electrons. The molecule has 0 aliphatic carbocycles. The van der Waals surface area contributed by atoms with Gasteiger partial charge in [-0.1, -0.05) is 23.2 Å². The minimum Gasteiger partial charge on any atom is -0.511 e. The van der Waals surface area contributed by atoms with Crippen LogP contribution in [-0.4, -0.2) is 11.0 Å². The fourth-order valence-electron chi connectivity index (χ4n) is 1.06. The van der Waals surface area contributed by atoms with Crippen molar-refractivity contribution >= 4 is 34.8 Å². The lowest BCUT2D eigenvalue weighted by Gasteiger charge is -2.05. The lowest BCUT2D eigenvalue weighted by molar-refractivity contribution is -0.112. The number of halogens is 2. The average molecular weight is 271 g/mol. The Morgan fingerprint density at radius 2 is 2.06 bits per heavy atom. The van der Waals surface area contributed by atoms with Crippen LogP contribution in [0.25, 0.3) is 0 Å². The Morgan fingerprint density at radius 3 is 2.53 bits per heavy atom. The normalized spacial score (nSPS) is 11.4. The summed E-state index contributed by atoms with van der Waals surface area (Å²) in [6, 6.07) is 6.10. The first-order chi connectivity index (χ1) is 7.95. The zero-order valence-electron chi connectivity index (χ0n) is 8.79. The number of nitrogens with one attached hydrogen (secondary N) is 1. The number of nitriles is 1. The van der Waals surface area contributed by atoms with Crippen LogP contribution in [0.1, 0.15) is 6.92 Å². The van der Waals surface area contributed by atoms with Gasteiger partial charge >= 0.3 is 0 Å². The minimum atomic E-state index is -0.703. The predicted octanol–water partition coefficient (Wildman–Crippen LogP) is 3.29. The maximum atomic E-state index is 11.6. The summed E-state index contributed by atoms with van der Waals surface area (Å²) in [5, 5.41) is 20.8. The van der Waals surface area contributed by atoms with E-state index in [9.17, 15) is 4.79 Å². The molecule has 0 bridgehead atoms. The van der Waals surface area contributed by atoms with Crippen molar-refractivity contribution in [3.05, 3.63) is 39.6 Å². The molecule has 0 unspecified atom stereocenters. The third kappa shape index (κ3) is 3.38. The number of hydrogen-bond acceptors (Lipinski definition) is 3. The summed E-state index contributed by atoms with van der Waals surface area (Å²) in [6.07, 6.45) is 0. The van der Waals surface area contributed by atoms with E-state index in [1.54, 1.807) is 6.07 Å². The number of rotatable bonds is 2. The molecule has 0 aliphatic heterocycles. The van der Waals surface area contributed by atoms with Crippen LogP contribution < -0.4 is 5.32 Å². The van der Waals surface area contributed by atoms with Crippen LogP contribution in [0.4, 0.5) is 5.69 Å². The SMILES string of the molecule is C/C(O)=C(/C#N)C(=O)Nc1ccc(Cl)c(Cl)c1. The van der Waals surface area contributed by atoms with Crippen LogP contribution in [0.15, 0.2) is 29.5 Å². The van der Waals surface area contributed by atoms with Gasteiger partial charge in [0.15, 0.2) is 5.57 Å². The van der Waals surface area contributed by atoms with Gasteiger partial charge in [-0.05, 0) is 25.1 Å². The Bertz CT molecular complexity index is 529. The van der Waals surface area contributed by atoms with E-state index in [4.69, 9.17) is 33.6 Å². The molecule has 6 heteroatoms. The van der Waals surface area contributed by atoms with E-state index < -0.39 is 5.91 Å². The first-order valence-corrected chi connectivity index (χ1v) is 5.27. The number of aliphatic hydroxyl groups excluding tert-OH is 1. The zero-order chi connectivity index (χ0) is 13.0. The van der Waals surface area contributed by atoms with Crippen LogP contribution >= 0.6 is 23.2 Å². The predicted molar refractivity (Wildman–Crippen MR) is 66.0 cm³/mol. The Kier molecular flexibility index (Phi) is 4.38. The van der Waals surface area contributed by atoms with Crippen molar-refractivity contribution in [1.82, 2.24) is 0 Å². The van der Waals surface area contributed by atoms with Crippen LogP contribution in [0.5, 0.6) is 0 Å². The van der Waals surface area contributed by atoms with E-state index in [0.717, 1.165) is 0 Å². The van der Waals surface area contributed by atoms with Crippen LogP contribution in [0.3, 0.4) is 0 Å². The van der Waals surface area contributed by atoms with Gasteiger partial charge in [0.25, 0.3) is 5.91 Å². The van der Waals surface area contributed by atoms with Crippen LogP contribution in [0, 0.1) is 11.3 Å². The van der Waals surface area contributed by atoms with Gasteiger partial charge in [0.05, 0.1) is 10.0 Å². The van der Waals surface area contributed by atoms with Crippen molar-refractivity contribution in [2.45, 2.75) is 6.92 Å². The summed E-state index contributed by atoms with van der Waals surface area (Å²) in [7, 11) is 0. The minimum absolute atomic E-state index is 0.285. The molecular formula is C11H8Cl2N2O2. The highest BCUT2D eigenvalue weighted by atomic mass is 35.5. The van der Waals surface area contributed by atoms with Crippen molar-refractivity contribution in [2.24, 2.45) is 0 Å². The molecule has 1 rings (SSSR count). The largest absolute Gasteiger partial charge is 0.511 e. The Hall–Kier alpha value is -1.70. The van der Waals surface area contributed by atoms with Crippen LogP contribution in [0.2, 0.25) is 10.0 Å². The molecule has 17 heavy (non-hydrogen) atoms. The third-order valence-corrected chi connectivity index (χ3v) is 2.62. The number of hydrogen-bond donors (Lipinski definition) is 2. The van der Waals surface area contributed by atoms with Gasteiger partial charge in [0.1, 0.15) is 11.8 Å². The average Bonchev–Trinajstić information content (AvgIpc) is 2.24. The van der Waals surface area contributed by atoms with Crippen molar-refractivity contribution in [2.75, 3.05) is 5.32 Å². The summed E-state index contributed by atoms with van der Waals surface area (Å²) in [6.45, 7) is 1.26. The molecule has 0 saturated carbocycles. The lowest BCUT2D eigenvalue weighted by Crippen LogP contribution is -2.14. The summed E-state index contributed by atoms with van der Waals surface area (Å²) in [5.41, 5.74) is 0.0365. The molecule has 1 aromatic carbocycles. The number of nitrogens with zero attached hydrogens (tertiary/aromatic N) is 1. The molecule has 0 spiro atoms. The molecule has 0 fully saturated rings. The van der Waals surface area contributed by atoms with Gasteiger partial charge in [0, 0.05) is 5.69 Å². The number of allylic oxidation sites excluding steroid dienone is 1. The zero-order valence-corrected chi connectivity index (χ0v) is 10.3. The molecule has 2 N–H and O–H groups in total. The molecular weight excluding hydrogens is 263 g/mol. The third-order valence-electron chi connectivity index (χ3n) is 1.88. The molecule has 0 saturated heterocycles. The fourth-order valence-corrected chi connectivity index (χ4v) is 1.36. The molecule has 0 aromatic heterocycles. The van der Waals surface area contributed by atoms with E-state index in [-0.39, 0.29) is 16.4 Å². The van der Waals surface area contributed by atoms with E-state index in [1.807, 2.05) is 0 Å². The van der Waals surface area contributed by atoms with Crippen molar-refractivity contribution in [3.8, 4) is 6.07 Å². The highest BCUT2D eigenvalue weighted by Crippen LogP contribution is 2.25. The Labute approximate surface area is 108 Å². The first-order valence-electron chi connectivity index (χ1n) is 4.52. The first kappa shape index (κ1) is 13.4. The second-order valence-electron chi connectivity index (χ2n) is 3.16. The molecule has 0 atom stereocenters. The molecule has 1 aromatic rings. The highest BCUT2D eigenvalue weighted by Gasteiger charge is 2.13. The molecule has 0 heterocycles. The van der Waals surface area contributed by atoms with Crippen molar-refractivity contribution < 1.29 is 9.90 Å². The van der Waals surface area contributed by atoms with Gasteiger partial charge in [-0.25, -0.2) is 0 Å². The second kappa shape index (κ2) is 5.58. The van der Waals surface area contributed by atoms with E-state index in [0.29, 0.717) is 10.7 Å². The number of anilines is 1. The van der Waals surface area contributed by atoms with Crippen molar-refractivity contribution in [3.63, 3.8) is 0 Å². The van der Waals surface area contributed by atoms with Crippen molar-refractivity contribution in [1.29, 1.82) is 5.26 Å². The molecule has 1 amide bonds. The lowest BCUT2D eigenvalue weighted by atomic mass is 10.2. The van der Waals surface area contributed by atoms with Crippen LogP contribution in [-0.2, 0) is 4.79 Å². The number of amides is 1. The van der Waals surface area contributed by atoms with E-state index in [2.05, 4.69) is 5.32 Å². The van der Waals surface area contributed by atoms with Gasteiger partial charge in [-0.2, -0.15) is 5.26 Å². The summed E-state index contributed by atoms with van der Waals surface area (Å²) in [4.78, 5) is 11.6. The van der Waals surface area contributed by atoms with Gasteiger partial charge in [-0.3, -0.25) is 4.79 Å². The maximum Gasteiger partial charge on any atom is 0.269 e. The summed E-state index contributed by atoms with van der Waals surface area (Å²) < 4.78 is 0. The smallest absolute Gasteiger partial charge is 0.269 e. The van der Waals surface area contributed by atoms with E-state index >= 15 is 0 Å². The summed E-state index contributed by atoms with van der Waals surface area (Å²) >= 11 is 11.5. The number of benzene rings is 1. The number of carbonyl (C=O) groups is 1. The molecule has 0 aliphatic rings. The quantitative estimate of drug-likeness (QED) is 0.492. The molecule has 0 radical (unpaired) electrons. The highest BCUT2D eigenvalue weighted by molar-refractivity contribution is 6.42. The van der Waals surface area contributed by atoms with E-state index in [1.165, 1.54) is 25.1 Å². The molecule has 4 nitrogen and oxygen atoms in total. The van der Waals surface area contributed by atoms with Gasteiger partial charge < -0.3 is 10.4 Å². The summed E-state index contributed by atoms with van der Waals surface area (Å²) in [5.74, 6) is -1.05. The Balaban J connectivity index is 2.93. The van der Waals surface area contributed by atoms with Gasteiger partial charge in [0.2, 0.25) is 0 Å².